The van der Waals surface area contributed by atoms with Gasteiger partial charge in [0.1, 0.15) is 11.4 Å². The lowest BCUT2D eigenvalue weighted by atomic mass is 9.51. The lowest BCUT2D eigenvalue weighted by Gasteiger charge is -2.60. The number of hydrogen-bond donors (Lipinski definition) is 3. The maximum Gasteiger partial charge on any atom is 0.255 e. The van der Waals surface area contributed by atoms with Crippen LogP contribution < -0.4 is 20.7 Å². The fraction of sp³-hybridized carbons (Fsp3) is 0.462. The van der Waals surface area contributed by atoms with Gasteiger partial charge in [0.05, 0.1) is 12.7 Å². The van der Waals surface area contributed by atoms with E-state index in [0.717, 1.165) is 49.1 Å². The average molecular weight is 434 g/mol. The Morgan fingerprint density at radius 2 is 2.03 bits per heavy atom. The van der Waals surface area contributed by atoms with Gasteiger partial charge in [0, 0.05) is 24.1 Å². The number of carbonyl (C=O) groups excluding carboxylic acids is 2. The third-order valence-electron chi connectivity index (χ3n) is 7.83. The van der Waals surface area contributed by atoms with Crippen molar-refractivity contribution < 1.29 is 14.3 Å². The first-order valence-corrected chi connectivity index (χ1v) is 11.5. The number of rotatable bonds is 5. The smallest absolute Gasteiger partial charge is 0.255 e. The minimum absolute atomic E-state index is 0.0187. The van der Waals surface area contributed by atoms with Gasteiger partial charge in [-0.05, 0) is 67.3 Å². The first kappa shape index (κ1) is 20.9. The van der Waals surface area contributed by atoms with Crippen molar-refractivity contribution in [2.45, 2.75) is 44.7 Å². The molecule has 0 radical (unpaired) electrons. The van der Waals surface area contributed by atoms with Crippen molar-refractivity contribution in [3.8, 4) is 5.75 Å². The van der Waals surface area contributed by atoms with Gasteiger partial charge in [0.2, 0.25) is 5.91 Å². The largest absolute Gasteiger partial charge is 0.497 e. The summed E-state index contributed by atoms with van der Waals surface area (Å²) in [6.07, 6.45) is 4.34. The molecule has 3 N–H and O–H groups in total. The first-order valence-electron chi connectivity index (χ1n) is 11.5. The Labute approximate surface area is 189 Å². The van der Waals surface area contributed by atoms with E-state index in [-0.39, 0.29) is 29.1 Å². The molecule has 1 heterocycles. The molecule has 3 aliphatic carbocycles. The number of benzene rings is 2. The van der Waals surface area contributed by atoms with E-state index < -0.39 is 5.66 Å². The molecule has 4 atom stereocenters. The molecule has 2 bridgehead atoms. The molecule has 2 aromatic carbocycles. The van der Waals surface area contributed by atoms with Gasteiger partial charge in [-0.15, -0.1) is 0 Å². The summed E-state index contributed by atoms with van der Waals surface area (Å²) in [6, 6.07) is 15.6. The molecule has 0 saturated heterocycles. The van der Waals surface area contributed by atoms with E-state index in [0.29, 0.717) is 12.1 Å². The van der Waals surface area contributed by atoms with Crippen LogP contribution in [0.1, 0.15) is 48.5 Å². The highest BCUT2D eigenvalue weighted by Gasteiger charge is 2.60. The molecule has 6 heteroatoms. The highest BCUT2D eigenvalue weighted by molar-refractivity contribution is 6.02. The summed E-state index contributed by atoms with van der Waals surface area (Å²) in [4.78, 5) is 26.0. The minimum atomic E-state index is -0.462. The average Bonchev–Trinajstić information content (AvgIpc) is 2.79. The zero-order valence-electron chi connectivity index (χ0n) is 18.7. The van der Waals surface area contributed by atoms with Crippen LogP contribution in [0.25, 0.3) is 0 Å². The van der Waals surface area contributed by atoms with E-state index >= 15 is 0 Å². The third-order valence-corrected chi connectivity index (χ3v) is 7.83. The molecule has 1 spiro atoms. The van der Waals surface area contributed by atoms with Crippen molar-refractivity contribution in [2.75, 3.05) is 19.0 Å². The van der Waals surface area contributed by atoms with Crippen molar-refractivity contribution in [3.05, 3.63) is 59.7 Å². The zero-order valence-corrected chi connectivity index (χ0v) is 18.7. The van der Waals surface area contributed by atoms with Crippen LogP contribution in [0.5, 0.6) is 5.75 Å². The molecule has 6 nitrogen and oxygen atoms in total. The third kappa shape index (κ3) is 3.51. The summed E-state index contributed by atoms with van der Waals surface area (Å²) >= 11 is 0. The topological polar surface area (TPSA) is 79.5 Å². The maximum atomic E-state index is 13.2. The Kier molecular flexibility index (Phi) is 5.11. The van der Waals surface area contributed by atoms with Crippen LogP contribution in [0, 0.1) is 17.3 Å². The van der Waals surface area contributed by atoms with Gasteiger partial charge in [0.15, 0.2) is 0 Å². The highest BCUT2D eigenvalue weighted by Crippen LogP contribution is 2.58. The van der Waals surface area contributed by atoms with Gasteiger partial charge in [-0.25, -0.2) is 0 Å². The van der Waals surface area contributed by atoms with Crippen LogP contribution in [0.2, 0.25) is 0 Å². The lowest BCUT2D eigenvalue weighted by molar-refractivity contribution is -0.139. The maximum absolute atomic E-state index is 13.2. The van der Waals surface area contributed by atoms with E-state index in [1.807, 2.05) is 42.5 Å². The van der Waals surface area contributed by atoms with Crippen LogP contribution in [-0.2, 0) is 11.2 Å². The molecular weight excluding hydrogens is 402 g/mol. The molecule has 32 heavy (non-hydrogen) atoms. The molecule has 0 unspecified atom stereocenters. The summed E-state index contributed by atoms with van der Waals surface area (Å²) in [7, 11) is 1.66. The van der Waals surface area contributed by atoms with Crippen molar-refractivity contribution >= 4 is 17.5 Å². The van der Waals surface area contributed by atoms with Crippen LogP contribution in [-0.4, -0.2) is 31.1 Å². The SMILES string of the molecule is COc1cccc(CCNC(=O)[C@H]2C[C@@H]3CC[C@@]2(C)C[C@]32NC(=O)c3ccccc3N2)c1. The number of methoxy groups -OCH3 is 1. The summed E-state index contributed by atoms with van der Waals surface area (Å²) in [5, 5.41) is 10.1. The fourth-order valence-corrected chi connectivity index (χ4v) is 6.13. The summed E-state index contributed by atoms with van der Waals surface area (Å²) in [5.74, 6) is 1.15. The molecule has 6 rings (SSSR count). The highest BCUT2D eigenvalue weighted by atomic mass is 16.5. The fourth-order valence-electron chi connectivity index (χ4n) is 6.13. The number of hydrogen-bond acceptors (Lipinski definition) is 4. The van der Waals surface area contributed by atoms with Crippen LogP contribution in [0.15, 0.2) is 48.5 Å². The quantitative estimate of drug-likeness (QED) is 0.671. The molecule has 0 aromatic heterocycles. The van der Waals surface area contributed by atoms with Gasteiger partial charge >= 0.3 is 0 Å². The molecule has 3 fully saturated rings. The molecule has 2 amide bonds. The molecule has 4 aliphatic rings. The Morgan fingerprint density at radius 3 is 2.84 bits per heavy atom. The Hall–Kier alpha value is -3.02. The number of ether oxygens (including phenoxy) is 1. The first-order chi connectivity index (χ1) is 15.4. The predicted molar refractivity (Wildman–Crippen MR) is 124 cm³/mol. The second-order valence-corrected chi connectivity index (χ2v) is 9.84. The number of nitrogens with one attached hydrogen (secondary N) is 3. The number of carbonyl (C=O) groups is 2. The van der Waals surface area contributed by atoms with Crippen molar-refractivity contribution in [1.82, 2.24) is 10.6 Å². The second-order valence-electron chi connectivity index (χ2n) is 9.84. The van der Waals surface area contributed by atoms with Crippen LogP contribution in [0.3, 0.4) is 0 Å². The van der Waals surface area contributed by atoms with E-state index in [9.17, 15) is 9.59 Å². The Balaban J connectivity index is 1.26. The van der Waals surface area contributed by atoms with E-state index in [1.165, 1.54) is 0 Å². The van der Waals surface area contributed by atoms with Gasteiger partial charge < -0.3 is 20.7 Å². The number of fused-ring (bicyclic) bond motifs is 3. The predicted octanol–water partition coefficient (Wildman–Crippen LogP) is 3.73. The molecule has 1 aliphatic heterocycles. The summed E-state index contributed by atoms with van der Waals surface area (Å²) < 4.78 is 5.29. The molecule has 168 valence electrons. The Morgan fingerprint density at radius 1 is 1.19 bits per heavy atom. The van der Waals surface area contributed by atoms with E-state index in [1.54, 1.807) is 7.11 Å². The zero-order chi connectivity index (χ0) is 22.3. The van der Waals surface area contributed by atoms with Crippen molar-refractivity contribution in [3.63, 3.8) is 0 Å². The van der Waals surface area contributed by atoms with E-state index in [2.05, 4.69) is 28.9 Å². The monoisotopic (exact) mass is 433 g/mol. The number of anilines is 1. The summed E-state index contributed by atoms with van der Waals surface area (Å²) in [6.45, 7) is 2.82. The van der Waals surface area contributed by atoms with E-state index in [4.69, 9.17) is 4.74 Å². The van der Waals surface area contributed by atoms with Gasteiger partial charge in [-0.1, -0.05) is 31.2 Å². The molecule has 2 aromatic rings. The van der Waals surface area contributed by atoms with Crippen molar-refractivity contribution in [2.24, 2.45) is 17.3 Å². The lowest BCUT2D eigenvalue weighted by Crippen LogP contribution is -2.70. The number of amides is 2. The molecule has 3 saturated carbocycles. The minimum Gasteiger partial charge on any atom is -0.497 e. The number of para-hydroxylation sites is 1. The standard InChI is InChI=1S/C26H31N3O3/c1-25-12-10-18(26(16-25)28-22-9-4-3-8-20(22)23(30)29-26)15-21(25)24(31)27-13-11-17-6-5-7-19(14-17)32-2/h3-9,14,18,21,28H,10-13,15-16H2,1-2H3,(H,27,31)(H,29,30)/t18-,21+,25-,26-/m0/s1. The Bertz CT molecular complexity index is 1050. The van der Waals surface area contributed by atoms with Gasteiger partial charge in [-0.3, -0.25) is 9.59 Å². The molecular formula is C26H31N3O3. The van der Waals surface area contributed by atoms with Crippen molar-refractivity contribution in [1.29, 1.82) is 0 Å². The van der Waals surface area contributed by atoms with Crippen LogP contribution >= 0.6 is 0 Å². The normalized spacial score (nSPS) is 30.2. The second kappa shape index (κ2) is 7.84. The van der Waals surface area contributed by atoms with Crippen LogP contribution in [0.4, 0.5) is 5.69 Å². The van der Waals surface area contributed by atoms with Gasteiger partial charge in [0.25, 0.3) is 5.91 Å². The van der Waals surface area contributed by atoms with Gasteiger partial charge in [-0.2, -0.15) is 0 Å². The summed E-state index contributed by atoms with van der Waals surface area (Å²) in [5.41, 5.74) is 2.12.